The molecule has 0 N–H and O–H groups in total. The van der Waals surface area contributed by atoms with Gasteiger partial charge in [-0.15, -0.1) is 0 Å². The second-order valence-corrected chi connectivity index (χ2v) is 8.77. The highest BCUT2D eigenvalue weighted by molar-refractivity contribution is 6.03. The minimum atomic E-state index is 0.0448. The number of hydrogen-bond acceptors (Lipinski definition) is 4. The van der Waals surface area contributed by atoms with E-state index < -0.39 is 0 Å². The normalized spacial score (nSPS) is 18.0. The smallest absolute Gasteiger partial charge is 0.259 e. The lowest BCUT2D eigenvalue weighted by atomic mass is 9.99. The maximum atomic E-state index is 13.4. The summed E-state index contributed by atoms with van der Waals surface area (Å²) in [5.74, 6) is 1.14. The third kappa shape index (κ3) is 3.74. The molecule has 31 heavy (non-hydrogen) atoms. The topological polar surface area (TPSA) is 50.5 Å². The molecule has 1 atom stereocenters. The largest absolute Gasteiger partial charge is 0.294 e. The highest BCUT2D eigenvalue weighted by atomic mass is 16.1. The van der Waals surface area contributed by atoms with Crippen molar-refractivity contribution in [1.29, 1.82) is 0 Å². The SMILES string of the molecule is CC(C)C1=NCc2c1nc1n(c2=O)CCN(Cc2ccccc2)C1Cc1ccccc1. The molecule has 0 bridgehead atoms. The summed E-state index contributed by atoms with van der Waals surface area (Å²) in [6.07, 6.45) is 0.826. The summed E-state index contributed by atoms with van der Waals surface area (Å²) in [6, 6.07) is 21.1. The Morgan fingerprint density at radius 3 is 2.32 bits per heavy atom. The molecule has 0 aliphatic carbocycles. The van der Waals surface area contributed by atoms with Gasteiger partial charge in [0.1, 0.15) is 5.82 Å². The molecule has 3 heterocycles. The zero-order valence-electron chi connectivity index (χ0n) is 18.2. The monoisotopic (exact) mass is 412 g/mol. The van der Waals surface area contributed by atoms with Crippen LogP contribution >= 0.6 is 0 Å². The van der Waals surface area contributed by atoms with Crippen LogP contribution in [-0.2, 0) is 26.1 Å². The van der Waals surface area contributed by atoms with E-state index in [0.717, 1.165) is 42.3 Å². The molecule has 0 radical (unpaired) electrons. The minimum absolute atomic E-state index is 0.0448. The van der Waals surface area contributed by atoms with Crippen LogP contribution in [0.4, 0.5) is 0 Å². The average molecular weight is 413 g/mol. The highest BCUT2D eigenvalue weighted by Crippen LogP contribution is 2.30. The lowest BCUT2D eigenvalue weighted by Gasteiger charge is -2.37. The molecular formula is C26H28N4O. The van der Waals surface area contributed by atoms with Crippen LogP contribution in [0.25, 0.3) is 0 Å². The number of rotatable bonds is 5. The van der Waals surface area contributed by atoms with Crippen molar-refractivity contribution in [3.05, 3.63) is 99.2 Å². The Kier molecular flexibility index (Phi) is 5.28. The molecule has 2 aromatic carbocycles. The van der Waals surface area contributed by atoms with E-state index in [-0.39, 0.29) is 17.5 Å². The van der Waals surface area contributed by atoms with Crippen molar-refractivity contribution >= 4 is 5.71 Å². The molecular weight excluding hydrogens is 384 g/mol. The van der Waals surface area contributed by atoms with E-state index >= 15 is 0 Å². The van der Waals surface area contributed by atoms with Gasteiger partial charge in [-0.2, -0.15) is 0 Å². The third-order valence-corrected chi connectivity index (χ3v) is 6.34. The number of benzene rings is 2. The Morgan fingerprint density at radius 2 is 1.65 bits per heavy atom. The van der Waals surface area contributed by atoms with Gasteiger partial charge in [-0.05, 0) is 23.5 Å². The maximum Gasteiger partial charge on any atom is 0.259 e. The fourth-order valence-corrected chi connectivity index (χ4v) is 4.74. The molecule has 1 unspecified atom stereocenters. The summed E-state index contributed by atoms with van der Waals surface area (Å²) in [5.41, 5.74) is 5.19. The van der Waals surface area contributed by atoms with E-state index in [0.29, 0.717) is 13.1 Å². The highest BCUT2D eigenvalue weighted by Gasteiger charge is 2.34. The van der Waals surface area contributed by atoms with Gasteiger partial charge in [-0.3, -0.25) is 19.3 Å². The van der Waals surface area contributed by atoms with Gasteiger partial charge in [0.25, 0.3) is 5.56 Å². The van der Waals surface area contributed by atoms with E-state index in [4.69, 9.17) is 4.98 Å². The van der Waals surface area contributed by atoms with Crippen LogP contribution in [0.2, 0.25) is 0 Å². The van der Waals surface area contributed by atoms with Crippen LogP contribution in [-0.4, -0.2) is 26.7 Å². The van der Waals surface area contributed by atoms with Crippen molar-refractivity contribution in [2.24, 2.45) is 10.9 Å². The Balaban J connectivity index is 1.59. The summed E-state index contributed by atoms with van der Waals surface area (Å²) < 4.78 is 1.91. The van der Waals surface area contributed by atoms with Crippen molar-refractivity contribution in [2.45, 2.75) is 45.9 Å². The van der Waals surface area contributed by atoms with Gasteiger partial charge in [0, 0.05) is 19.6 Å². The first-order chi connectivity index (χ1) is 15.1. The van der Waals surface area contributed by atoms with Crippen LogP contribution in [0.5, 0.6) is 0 Å². The van der Waals surface area contributed by atoms with Crippen LogP contribution < -0.4 is 5.56 Å². The van der Waals surface area contributed by atoms with Crippen molar-refractivity contribution in [1.82, 2.24) is 14.5 Å². The van der Waals surface area contributed by atoms with Gasteiger partial charge in [-0.1, -0.05) is 74.5 Å². The summed E-state index contributed by atoms with van der Waals surface area (Å²) in [7, 11) is 0. The molecule has 1 aromatic heterocycles. The van der Waals surface area contributed by atoms with Gasteiger partial charge in [-0.25, -0.2) is 4.98 Å². The van der Waals surface area contributed by atoms with Crippen LogP contribution in [0, 0.1) is 5.92 Å². The zero-order chi connectivity index (χ0) is 21.4. The fraction of sp³-hybridized carbons (Fsp3) is 0.346. The lowest BCUT2D eigenvalue weighted by Crippen LogP contribution is -2.45. The molecule has 2 aliphatic heterocycles. The Morgan fingerprint density at radius 1 is 0.968 bits per heavy atom. The van der Waals surface area contributed by atoms with Gasteiger partial charge in [0.05, 0.1) is 29.6 Å². The Bertz CT molecular complexity index is 1170. The molecule has 0 fully saturated rings. The maximum absolute atomic E-state index is 13.4. The summed E-state index contributed by atoms with van der Waals surface area (Å²) in [4.78, 5) is 25.6. The lowest BCUT2D eigenvalue weighted by molar-refractivity contribution is 0.138. The van der Waals surface area contributed by atoms with Crippen molar-refractivity contribution in [3.8, 4) is 0 Å². The molecule has 158 valence electrons. The second kappa shape index (κ2) is 8.23. The standard InChI is InChI=1S/C26H28N4O/c1-18(2)23-24-21(16-27-23)26(31)30-14-13-29(17-20-11-7-4-8-12-20)22(25(30)28-24)15-19-9-5-3-6-10-19/h3-12,18,22H,13-17H2,1-2H3. The molecule has 0 spiro atoms. The number of aromatic nitrogens is 2. The molecule has 0 amide bonds. The fourth-order valence-electron chi connectivity index (χ4n) is 4.74. The first-order valence-corrected chi connectivity index (χ1v) is 11.1. The minimum Gasteiger partial charge on any atom is -0.294 e. The quantitative estimate of drug-likeness (QED) is 0.636. The van der Waals surface area contributed by atoms with Gasteiger partial charge in [0.15, 0.2) is 0 Å². The first kappa shape index (κ1) is 19.9. The average Bonchev–Trinajstić information content (AvgIpc) is 3.22. The number of fused-ring (bicyclic) bond motifs is 2. The van der Waals surface area contributed by atoms with Gasteiger partial charge < -0.3 is 0 Å². The van der Waals surface area contributed by atoms with Gasteiger partial charge in [0.2, 0.25) is 0 Å². The predicted molar refractivity (Wildman–Crippen MR) is 123 cm³/mol. The van der Waals surface area contributed by atoms with Crippen LogP contribution in [0.15, 0.2) is 70.5 Å². The summed E-state index contributed by atoms with van der Waals surface area (Å²) in [5, 5.41) is 0. The molecule has 3 aromatic rings. The van der Waals surface area contributed by atoms with Crippen molar-refractivity contribution in [2.75, 3.05) is 6.54 Å². The third-order valence-electron chi connectivity index (χ3n) is 6.34. The molecule has 0 saturated carbocycles. The van der Waals surface area contributed by atoms with E-state index in [2.05, 4.69) is 72.3 Å². The second-order valence-electron chi connectivity index (χ2n) is 8.77. The number of nitrogens with zero attached hydrogens (tertiary/aromatic N) is 4. The van der Waals surface area contributed by atoms with E-state index in [1.54, 1.807) is 0 Å². The number of hydrogen-bond donors (Lipinski definition) is 0. The molecule has 0 saturated heterocycles. The summed E-state index contributed by atoms with van der Waals surface area (Å²) >= 11 is 0. The Labute approximate surface area is 183 Å². The van der Waals surface area contributed by atoms with Crippen molar-refractivity contribution in [3.63, 3.8) is 0 Å². The Hall–Kier alpha value is -3.05. The van der Waals surface area contributed by atoms with E-state index in [1.165, 1.54) is 11.1 Å². The summed E-state index contributed by atoms with van der Waals surface area (Å²) in [6.45, 7) is 7.05. The molecule has 5 rings (SSSR count). The molecule has 2 aliphatic rings. The first-order valence-electron chi connectivity index (χ1n) is 11.1. The van der Waals surface area contributed by atoms with Crippen LogP contribution in [0.3, 0.4) is 0 Å². The van der Waals surface area contributed by atoms with E-state index in [9.17, 15) is 4.79 Å². The van der Waals surface area contributed by atoms with Crippen LogP contribution in [0.1, 0.15) is 48.1 Å². The zero-order valence-corrected chi connectivity index (χ0v) is 18.2. The van der Waals surface area contributed by atoms with Gasteiger partial charge >= 0.3 is 0 Å². The van der Waals surface area contributed by atoms with Crippen molar-refractivity contribution < 1.29 is 0 Å². The molecule has 5 nitrogen and oxygen atoms in total. The van der Waals surface area contributed by atoms with E-state index in [1.807, 2.05) is 16.7 Å². The predicted octanol–water partition coefficient (Wildman–Crippen LogP) is 4.00. The number of aliphatic imine (C=N–C) groups is 1. The molecule has 5 heteroatoms.